The van der Waals surface area contributed by atoms with Crippen LogP contribution in [0.4, 0.5) is 0 Å². The van der Waals surface area contributed by atoms with Crippen molar-refractivity contribution in [2.24, 2.45) is 5.73 Å². The van der Waals surface area contributed by atoms with E-state index in [0.717, 1.165) is 0 Å². The summed E-state index contributed by atoms with van der Waals surface area (Å²) in [4.78, 5) is 1.32. The summed E-state index contributed by atoms with van der Waals surface area (Å²) in [6.45, 7) is 0.636. The lowest BCUT2D eigenvalue weighted by atomic mass is 10.2. The number of hydrogen-bond acceptors (Lipinski definition) is 3. The van der Waals surface area contributed by atoms with Gasteiger partial charge in [-0.3, -0.25) is 0 Å². The second-order valence-electron chi connectivity index (χ2n) is 2.49. The summed E-state index contributed by atoms with van der Waals surface area (Å²) in [5, 5.41) is 6.37. The van der Waals surface area contributed by atoms with E-state index in [0.29, 0.717) is 6.54 Å². The highest BCUT2D eigenvalue weighted by Gasteiger charge is 2.04. The van der Waals surface area contributed by atoms with E-state index in [1.807, 2.05) is 0 Å². The Bertz CT molecular complexity index is 348. The molecule has 2 N–H and O–H groups in total. The molecule has 0 aliphatic carbocycles. The van der Waals surface area contributed by atoms with Gasteiger partial charge in [0.1, 0.15) is 0 Å². The third kappa shape index (κ3) is 1.31. The molecule has 0 unspecified atom stereocenters. The van der Waals surface area contributed by atoms with Gasteiger partial charge in [-0.2, -0.15) is 11.3 Å². The van der Waals surface area contributed by atoms with Crippen LogP contribution in [0.3, 0.4) is 0 Å². The van der Waals surface area contributed by atoms with Crippen LogP contribution in [0.1, 0.15) is 5.56 Å². The van der Waals surface area contributed by atoms with E-state index in [-0.39, 0.29) is 0 Å². The van der Waals surface area contributed by atoms with Crippen molar-refractivity contribution in [1.29, 1.82) is 0 Å². The van der Waals surface area contributed by atoms with E-state index < -0.39 is 0 Å². The molecule has 0 fully saturated rings. The topological polar surface area (TPSA) is 26.0 Å². The summed E-state index contributed by atoms with van der Waals surface area (Å²) < 4.78 is 0. The highest BCUT2D eigenvalue weighted by atomic mass is 32.1. The predicted octanol–water partition coefficient (Wildman–Crippen LogP) is 2.94. The first-order valence-electron chi connectivity index (χ1n) is 3.71. The maximum absolute atomic E-state index is 5.61. The minimum Gasteiger partial charge on any atom is -0.326 e. The SMILES string of the molecule is NCc1cscc1-c1cccs1. The van der Waals surface area contributed by atoms with Crippen molar-refractivity contribution in [2.75, 3.05) is 0 Å². The number of rotatable bonds is 2. The van der Waals surface area contributed by atoms with Gasteiger partial charge in [0, 0.05) is 17.0 Å². The average Bonchev–Trinajstić information content (AvgIpc) is 2.74. The number of hydrogen-bond donors (Lipinski definition) is 1. The van der Waals surface area contributed by atoms with Crippen molar-refractivity contribution < 1.29 is 0 Å². The summed E-state index contributed by atoms with van der Waals surface area (Å²) in [6, 6.07) is 4.20. The Morgan fingerprint density at radius 1 is 1.33 bits per heavy atom. The number of nitrogens with two attached hydrogens (primary N) is 1. The normalized spacial score (nSPS) is 10.4. The lowest BCUT2D eigenvalue weighted by Crippen LogP contribution is -1.94. The molecule has 0 aliphatic heterocycles. The van der Waals surface area contributed by atoms with Gasteiger partial charge in [-0.15, -0.1) is 11.3 Å². The van der Waals surface area contributed by atoms with Crippen molar-refractivity contribution in [2.45, 2.75) is 6.54 Å². The zero-order valence-electron chi connectivity index (χ0n) is 6.49. The molecule has 2 rings (SSSR count). The van der Waals surface area contributed by atoms with E-state index in [1.54, 1.807) is 22.7 Å². The molecule has 1 nitrogen and oxygen atoms in total. The maximum atomic E-state index is 5.61. The maximum Gasteiger partial charge on any atom is 0.0354 e. The Labute approximate surface area is 79.5 Å². The third-order valence-corrected chi connectivity index (χ3v) is 3.44. The molecule has 0 aliphatic rings. The molecular weight excluding hydrogens is 186 g/mol. The monoisotopic (exact) mass is 195 g/mol. The summed E-state index contributed by atoms with van der Waals surface area (Å²) in [7, 11) is 0. The molecule has 0 aromatic carbocycles. The van der Waals surface area contributed by atoms with Gasteiger partial charge in [0.15, 0.2) is 0 Å². The van der Waals surface area contributed by atoms with Gasteiger partial charge in [0.25, 0.3) is 0 Å². The molecule has 2 heterocycles. The van der Waals surface area contributed by atoms with Gasteiger partial charge in [0.05, 0.1) is 0 Å². The van der Waals surface area contributed by atoms with Crippen LogP contribution >= 0.6 is 22.7 Å². The van der Waals surface area contributed by atoms with Crippen molar-refractivity contribution in [3.63, 3.8) is 0 Å². The second kappa shape index (κ2) is 3.39. The largest absolute Gasteiger partial charge is 0.326 e. The molecule has 3 heteroatoms. The zero-order valence-corrected chi connectivity index (χ0v) is 8.12. The summed E-state index contributed by atoms with van der Waals surface area (Å²) in [6.07, 6.45) is 0. The van der Waals surface area contributed by atoms with Crippen LogP contribution in [0.15, 0.2) is 28.3 Å². The third-order valence-electron chi connectivity index (χ3n) is 1.75. The molecular formula is C9H9NS2. The molecule has 62 valence electrons. The van der Waals surface area contributed by atoms with E-state index in [2.05, 4.69) is 28.3 Å². The van der Waals surface area contributed by atoms with Crippen LogP contribution in [0, 0.1) is 0 Å². The first-order chi connectivity index (χ1) is 5.92. The highest BCUT2D eigenvalue weighted by Crippen LogP contribution is 2.30. The van der Waals surface area contributed by atoms with Crippen LogP contribution in [-0.2, 0) is 6.54 Å². The minimum atomic E-state index is 0.636. The first kappa shape index (κ1) is 7.98. The lowest BCUT2D eigenvalue weighted by molar-refractivity contribution is 1.09. The fourth-order valence-electron chi connectivity index (χ4n) is 1.13. The van der Waals surface area contributed by atoms with E-state index >= 15 is 0 Å². The first-order valence-corrected chi connectivity index (χ1v) is 5.53. The average molecular weight is 195 g/mol. The Hall–Kier alpha value is -0.640. The van der Waals surface area contributed by atoms with Gasteiger partial charge < -0.3 is 5.73 Å². The zero-order chi connectivity index (χ0) is 8.39. The molecule has 0 saturated carbocycles. The Kier molecular flexibility index (Phi) is 2.26. The van der Waals surface area contributed by atoms with E-state index in [4.69, 9.17) is 5.73 Å². The van der Waals surface area contributed by atoms with Crippen molar-refractivity contribution in [1.82, 2.24) is 0 Å². The minimum absolute atomic E-state index is 0.636. The van der Waals surface area contributed by atoms with Crippen molar-refractivity contribution >= 4 is 22.7 Å². The molecule has 0 spiro atoms. The van der Waals surface area contributed by atoms with Gasteiger partial charge >= 0.3 is 0 Å². The van der Waals surface area contributed by atoms with Crippen LogP contribution in [0.5, 0.6) is 0 Å². The summed E-state index contributed by atoms with van der Waals surface area (Å²) >= 11 is 3.48. The molecule has 12 heavy (non-hydrogen) atoms. The standard InChI is InChI=1S/C9H9NS2/c10-4-7-5-11-6-8(7)9-2-1-3-12-9/h1-3,5-6H,4,10H2. The van der Waals surface area contributed by atoms with E-state index in [9.17, 15) is 0 Å². The quantitative estimate of drug-likeness (QED) is 0.783. The molecule has 0 amide bonds. The molecule has 0 atom stereocenters. The molecule has 2 aromatic heterocycles. The summed E-state index contributed by atoms with van der Waals surface area (Å²) in [5.41, 5.74) is 8.17. The second-order valence-corrected chi connectivity index (χ2v) is 4.18. The Morgan fingerprint density at radius 2 is 2.25 bits per heavy atom. The van der Waals surface area contributed by atoms with Gasteiger partial charge in [0.2, 0.25) is 0 Å². The van der Waals surface area contributed by atoms with E-state index in [1.165, 1.54) is 16.0 Å². The molecule has 0 radical (unpaired) electrons. The smallest absolute Gasteiger partial charge is 0.0354 e. The van der Waals surface area contributed by atoms with Crippen LogP contribution in [-0.4, -0.2) is 0 Å². The fourth-order valence-corrected chi connectivity index (χ4v) is 2.85. The molecule has 0 bridgehead atoms. The number of thiophene rings is 2. The van der Waals surface area contributed by atoms with Gasteiger partial charge in [-0.1, -0.05) is 6.07 Å². The predicted molar refractivity (Wildman–Crippen MR) is 55.5 cm³/mol. The van der Waals surface area contributed by atoms with Gasteiger partial charge in [-0.05, 0) is 27.8 Å². The fraction of sp³-hybridized carbons (Fsp3) is 0.111. The Morgan fingerprint density at radius 3 is 2.92 bits per heavy atom. The molecule has 2 aromatic rings. The lowest BCUT2D eigenvalue weighted by Gasteiger charge is -1.96. The van der Waals surface area contributed by atoms with Crippen molar-refractivity contribution in [3.8, 4) is 10.4 Å². The van der Waals surface area contributed by atoms with Crippen LogP contribution in [0.2, 0.25) is 0 Å². The Balaban J connectivity index is 2.46. The molecule has 0 saturated heterocycles. The summed E-state index contributed by atoms with van der Waals surface area (Å²) in [5.74, 6) is 0. The van der Waals surface area contributed by atoms with Crippen LogP contribution < -0.4 is 5.73 Å². The van der Waals surface area contributed by atoms with Gasteiger partial charge in [-0.25, -0.2) is 0 Å². The van der Waals surface area contributed by atoms with Crippen LogP contribution in [0.25, 0.3) is 10.4 Å². The highest BCUT2D eigenvalue weighted by molar-refractivity contribution is 7.14. The van der Waals surface area contributed by atoms with Crippen molar-refractivity contribution in [3.05, 3.63) is 33.8 Å².